The number of hydrogen-bond acceptors (Lipinski definition) is 5. The summed E-state index contributed by atoms with van der Waals surface area (Å²) < 4.78 is 45.6. The summed E-state index contributed by atoms with van der Waals surface area (Å²) in [6.45, 7) is 5.44. The van der Waals surface area contributed by atoms with Crippen molar-refractivity contribution in [3.63, 3.8) is 0 Å². The van der Waals surface area contributed by atoms with Crippen LogP contribution < -0.4 is 5.32 Å². The first kappa shape index (κ1) is 29.3. The number of carboxylic acids is 1. The minimum absolute atomic E-state index is 0.0634. The molecule has 0 aromatic heterocycles. The lowest BCUT2D eigenvalue weighted by Gasteiger charge is -2.38. The fourth-order valence-electron chi connectivity index (χ4n) is 4.10. The number of nitrogens with zero attached hydrogens (tertiary/aromatic N) is 2. The lowest BCUT2D eigenvalue weighted by atomic mass is 9.97. The molecule has 13 heteroatoms. The molecular formula is C26H28F3N3O7. The predicted octanol–water partition coefficient (Wildman–Crippen LogP) is 4.92. The van der Waals surface area contributed by atoms with Crippen LogP contribution in [0.4, 0.5) is 28.4 Å². The summed E-state index contributed by atoms with van der Waals surface area (Å²) in [4.78, 5) is 51.3. The first-order chi connectivity index (χ1) is 18.0. The lowest BCUT2D eigenvalue weighted by molar-refractivity contribution is -0.144. The van der Waals surface area contributed by atoms with Crippen molar-refractivity contribution in [3.05, 3.63) is 53.1 Å². The van der Waals surface area contributed by atoms with Crippen molar-refractivity contribution < 1.29 is 47.3 Å². The first-order valence-corrected chi connectivity index (χ1v) is 11.8. The smallest absolute Gasteiger partial charge is 0.416 e. The maximum Gasteiger partial charge on any atom is 0.416 e. The molecule has 0 spiro atoms. The van der Waals surface area contributed by atoms with Gasteiger partial charge >= 0.3 is 24.3 Å². The first-order valence-electron chi connectivity index (χ1n) is 11.8. The molecule has 0 aliphatic carbocycles. The third kappa shape index (κ3) is 7.18. The van der Waals surface area contributed by atoms with E-state index in [0.717, 1.165) is 21.9 Å². The molecule has 3 rings (SSSR count). The second kappa shape index (κ2) is 10.8. The topological polar surface area (TPSA) is 136 Å². The highest BCUT2D eigenvalue weighted by molar-refractivity contribution is 6.05. The van der Waals surface area contributed by atoms with Gasteiger partial charge in [-0.25, -0.2) is 14.4 Å². The molecule has 0 bridgehead atoms. The molecule has 1 saturated heterocycles. The van der Waals surface area contributed by atoms with E-state index in [9.17, 15) is 42.6 Å². The molecule has 3 amide bonds. The third-order valence-electron chi connectivity index (χ3n) is 5.82. The summed E-state index contributed by atoms with van der Waals surface area (Å²) in [5, 5.41) is 21.4. The molecule has 2 aromatic carbocycles. The molecule has 0 saturated carbocycles. The number of piperazine rings is 1. The van der Waals surface area contributed by atoms with E-state index >= 15 is 0 Å². The third-order valence-corrected chi connectivity index (χ3v) is 5.82. The van der Waals surface area contributed by atoms with Gasteiger partial charge in [-0.15, -0.1) is 0 Å². The summed E-state index contributed by atoms with van der Waals surface area (Å²) in [6.07, 6.45) is -6.87. The number of carboxylic acid groups (broad SMARTS) is 2. The minimum Gasteiger partial charge on any atom is -0.480 e. The average Bonchev–Trinajstić information content (AvgIpc) is 2.81. The van der Waals surface area contributed by atoms with Crippen molar-refractivity contribution in [1.29, 1.82) is 0 Å². The van der Waals surface area contributed by atoms with E-state index in [1.165, 1.54) is 31.2 Å². The summed E-state index contributed by atoms with van der Waals surface area (Å²) >= 11 is 0. The van der Waals surface area contributed by atoms with Crippen molar-refractivity contribution in [2.45, 2.75) is 45.5 Å². The van der Waals surface area contributed by atoms with E-state index < -0.39 is 54.0 Å². The van der Waals surface area contributed by atoms with Crippen LogP contribution in [0.2, 0.25) is 0 Å². The number of alkyl halides is 3. The van der Waals surface area contributed by atoms with Gasteiger partial charge in [0.15, 0.2) is 0 Å². The zero-order valence-corrected chi connectivity index (χ0v) is 21.6. The van der Waals surface area contributed by atoms with Crippen LogP contribution in [-0.2, 0) is 15.7 Å². The van der Waals surface area contributed by atoms with Crippen molar-refractivity contribution >= 4 is 29.8 Å². The van der Waals surface area contributed by atoms with E-state index in [1.54, 1.807) is 20.8 Å². The number of rotatable bonds is 4. The van der Waals surface area contributed by atoms with Gasteiger partial charge < -0.3 is 24.7 Å². The van der Waals surface area contributed by atoms with Crippen LogP contribution in [0.3, 0.4) is 0 Å². The molecule has 2 aromatic rings. The molecule has 210 valence electrons. The number of amides is 3. The Morgan fingerprint density at radius 2 is 1.64 bits per heavy atom. The Hall–Kier alpha value is -4.29. The average molecular weight is 552 g/mol. The summed E-state index contributed by atoms with van der Waals surface area (Å²) in [7, 11) is 0. The Balaban J connectivity index is 2.10. The van der Waals surface area contributed by atoms with Crippen LogP contribution in [0.15, 0.2) is 36.4 Å². The molecule has 1 aliphatic heterocycles. The monoisotopic (exact) mass is 551 g/mol. The Bertz CT molecular complexity index is 1300. The lowest BCUT2D eigenvalue weighted by Crippen LogP contribution is -2.59. The number of hydrogen-bond donors (Lipinski definition) is 3. The largest absolute Gasteiger partial charge is 0.480 e. The SMILES string of the molecule is Cc1cc(-c2ccc(NC(=O)OC(C)(C)C)c(C(=O)N3CCN(C(=O)O)CC3C(=O)O)c2)cc(C(F)(F)F)c1. The van der Waals surface area contributed by atoms with Gasteiger partial charge in [0.25, 0.3) is 5.91 Å². The van der Waals surface area contributed by atoms with Gasteiger partial charge in [-0.05, 0) is 68.7 Å². The highest BCUT2D eigenvalue weighted by Crippen LogP contribution is 2.35. The Morgan fingerprint density at radius 1 is 0.974 bits per heavy atom. The number of aliphatic carboxylic acids is 1. The molecule has 1 aliphatic rings. The van der Waals surface area contributed by atoms with E-state index in [1.807, 2.05) is 0 Å². The fraction of sp³-hybridized carbons (Fsp3) is 0.385. The van der Waals surface area contributed by atoms with Crippen molar-refractivity contribution in [1.82, 2.24) is 9.80 Å². The van der Waals surface area contributed by atoms with Crippen LogP contribution in [0.25, 0.3) is 11.1 Å². The number of ether oxygens (including phenoxy) is 1. The van der Waals surface area contributed by atoms with Crippen LogP contribution in [0.5, 0.6) is 0 Å². The molecular weight excluding hydrogens is 523 g/mol. The molecule has 0 radical (unpaired) electrons. The maximum atomic E-state index is 13.7. The van der Waals surface area contributed by atoms with Crippen LogP contribution >= 0.6 is 0 Å². The van der Waals surface area contributed by atoms with Crippen molar-refractivity contribution in [2.75, 3.05) is 25.0 Å². The zero-order valence-electron chi connectivity index (χ0n) is 21.6. The van der Waals surface area contributed by atoms with E-state index in [-0.39, 0.29) is 35.5 Å². The maximum absolute atomic E-state index is 13.7. The van der Waals surface area contributed by atoms with E-state index in [2.05, 4.69) is 5.32 Å². The number of aryl methyl sites for hydroxylation is 1. The second-order valence-corrected chi connectivity index (χ2v) is 10.1. The summed E-state index contributed by atoms with van der Waals surface area (Å²) in [6, 6.07) is 5.84. The van der Waals surface area contributed by atoms with Gasteiger partial charge in [-0.3, -0.25) is 10.1 Å². The summed E-state index contributed by atoms with van der Waals surface area (Å²) in [5.74, 6) is -2.30. The highest BCUT2D eigenvalue weighted by atomic mass is 19.4. The van der Waals surface area contributed by atoms with Gasteiger partial charge in [0, 0.05) is 13.1 Å². The van der Waals surface area contributed by atoms with Gasteiger partial charge in [0.2, 0.25) is 0 Å². The second-order valence-electron chi connectivity index (χ2n) is 10.1. The minimum atomic E-state index is -4.61. The van der Waals surface area contributed by atoms with Gasteiger partial charge in [-0.2, -0.15) is 13.2 Å². The Morgan fingerprint density at radius 3 is 2.21 bits per heavy atom. The summed E-state index contributed by atoms with van der Waals surface area (Å²) in [5.41, 5.74) is -1.37. The molecule has 3 N–H and O–H groups in total. The number of nitrogens with one attached hydrogen (secondary N) is 1. The van der Waals surface area contributed by atoms with Crippen LogP contribution in [-0.4, -0.2) is 75.4 Å². The van der Waals surface area contributed by atoms with E-state index in [4.69, 9.17) is 4.74 Å². The normalized spacial score (nSPS) is 16.0. The molecule has 1 unspecified atom stereocenters. The van der Waals surface area contributed by atoms with Crippen molar-refractivity contribution in [3.8, 4) is 11.1 Å². The molecule has 1 atom stereocenters. The van der Waals surface area contributed by atoms with Gasteiger partial charge in [-0.1, -0.05) is 12.1 Å². The molecule has 1 heterocycles. The number of carbonyl (C=O) groups is 4. The highest BCUT2D eigenvalue weighted by Gasteiger charge is 2.38. The van der Waals surface area contributed by atoms with E-state index in [0.29, 0.717) is 5.56 Å². The molecule has 10 nitrogen and oxygen atoms in total. The Labute approximate surface area is 222 Å². The Kier molecular flexibility index (Phi) is 8.13. The van der Waals surface area contributed by atoms with Crippen LogP contribution in [0.1, 0.15) is 42.3 Å². The van der Waals surface area contributed by atoms with Gasteiger partial charge in [0.05, 0.1) is 23.4 Å². The van der Waals surface area contributed by atoms with Crippen molar-refractivity contribution in [2.24, 2.45) is 0 Å². The fourth-order valence-corrected chi connectivity index (χ4v) is 4.10. The van der Waals surface area contributed by atoms with Crippen LogP contribution in [0, 0.1) is 6.92 Å². The number of halogens is 3. The number of carbonyl (C=O) groups excluding carboxylic acids is 2. The number of anilines is 1. The standard InChI is InChI=1S/C26H28F3N3O7/c1-14-9-16(11-17(10-14)26(27,28)29)15-5-6-19(30-23(36)39-25(2,3)4)18(12-15)21(33)32-8-7-31(24(37)38)13-20(32)22(34)35/h5-6,9-12,20H,7-8,13H2,1-4H3,(H,30,36)(H,34,35)(H,37,38). The quantitative estimate of drug-likeness (QED) is 0.491. The molecule has 1 fully saturated rings. The number of benzene rings is 2. The zero-order chi connectivity index (χ0) is 29.3. The predicted molar refractivity (Wildman–Crippen MR) is 134 cm³/mol. The van der Waals surface area contributed by atoms with Gasteiger partial charge in [0.1, 0.15) is 11.6 Å². The molecule has 39 heavy (non-hydrogen) atoms.